The molecule has 1 aromatic heterocycles. The molecule has 1 amide bonds. The SMILES string of the molecule is Cc1ccc(-c2csc(NC(=O)COC(=O)Cc3ccc(Cl)cc3)n2)cc1. The van der Waals surface area contributed by atoms with E-state index in [0.29, 0.717) is 10.2 Å². The fourth-order valence-electron chi connectivity index (χ4n) is 2.31. The Hall–Kier alpha value is -2.70. The van der Waals surface area contributed by atoms with Crippen molar-refractivity contribution in [2.45, 2.75) is 13.3 Å². The average molecular weight is 401 g/mol. The normalized spacial score (nSPS) is 10.4. The van der Waals surface area contributed by atoms with Crippen molar-refractivity contribution < 1.29 is 14.3 Å². The number of carbonyl (C=O) groups is 2. The highest BCUT2D eigenvalue weighted by Crippen LogP contribution is 2.25. The van der Waals surface area contributed by atoms with E-state index in [-0.39, 0.29) is 13.0 Å². The molecule has 0 radical (unpaired) electrons. The molecule has 1 N–H and O–H groups in total. The van der Waals surface area contributed by atoms with Crippen LogP contribution in [0.3, 0.4) is 0 Å². The molecule has 0 aliphatic heterocycles. The van der Waals surface area contributed by atoms with E-state index in [1.807, 2.05) is 36.6 Å². The van der Waals surface area contributed by atoms with Gasteiger partial charge in [-0.15, -0.1) is 11.3 Å². The highest BCUT2D eigenvalue weighted by molar-refractivity contribution is 7.14. The number of amides is 1. The third-order valence-corrected chi connectivity index (χ3v) is 4.73. The van der Waals surface area contributed by atoms with Gasteiger partial charge in [0, 0.05) is 16.0 Å². The van der Waals surface area contributed by atoms with Gasteiger partial charge in [-0.25, -0.2) is 4.98 Å². The molecule has 0 saturated heterocycles. The number of benzene rings is 2. The molecule has 7 heteroatoms. The molecule has 0 atom stereocenters. The van der Waals surface area contributed by atoms with Crippen LogP contribution < -0.4 is 5.32 Å². The minimum absolute atomic E-state index is 0.0826. The van der Waals surface area contributed by atoms with Crippen LogP contribution in [-0.2, 0) is 20.7 Å². The van der Waals surface area contributed by atoms with Gasteiger partial charge in [-0.05, 0) is 24.6 Å². The van der Waals surface area contributed by atoms with Crippen molar-refractivity contribution in [1.82, 2.24) is 4.98 Å². The predicted octanol–water partition coefficient (Wildman–Crippen LogP) is 4.50. The number of rotatable bonds is 6. The molecule has 0 aliphatic carbocycles. The molecule has 138 valence electrons. The van der Waals surface area contributed by atoms with Crippen LogP contribution in [0.4, 0.5) is 5.13 Å². The summed E-state index contributed by atoms with van der Waals surface area (Å²) in [6, 6.07) is 14.9. The zero-order valence-electron chi connectivity index (χ0n) is 14.6. The Balaban J connectivity index is 1.48. The van der Waals surface area contributed by atoms with Gasteiger partial charge in [0.05, 0.1) is 12.1 Å². The third-order valence-electron chi connectivity index (χ3n) is 3.72. The lowest BCUT2D eigenvalue weighted by atomic mass is 10.1. The highest BCUT2D eigenvalue weighted by atomic mass is 35.5. The molecule has 0 unspecified atom stereocenters. The maximum Gasteiger partial charge on any atom is 0.310 e. The number of halogens is 1. The van der Waals surface area contributed by atoms with Crippen LogP contribution in [0.15, 0.2) is 53.9 Å². The summed E-state index contributed by atoms with van der Waals surface area (Å²) < 4.78 is 5.01. The van der Waals surface area contributed by atoms with Gasteiger partial charge in [0.25, 0.3) is 5.91 Å². The summed E-state index contributed by atoms with van der Waals surface area (Å²) in [5.41, 5.74) is 3.71. The van der Waals surface area contributed by atoms with Gasteiger partial charge in [0.15, 0.2) is 11.7 Å². The topological polar surface area (TPSA) is 68.3 Å². The summed E-state index contributed by atoms with van der Waals surface area (Å²) in [4.78, 5) is 28.2. The van der Waals surface area contributed by atoms with Crippen molar-refractivity contribution >= 4 is 39.9 Å². The Kier molecular flexibility index (Phi) is 6.21. The van der Waals surface area contributed by atoms with Crippen molar-refractivity contribution in [1.29, 1.82) is 0 Å². The van der Waals surface area contributed by atoms with Crippen LogP contribution in [0.2, 0.25) is 5.02 Å². The second-order valence-electron chi connectivity index (χ2n) is 5.92. The van der Waals surface area contributed by atoms with Gasteiger partial charge in [0.1, 0.15) is 0 Å². The minimum atomic E-state index is -0.480. The number of esters is 1. The second kappa shape index (κ2) is 8.79. The van der Waals surface area contributed by atoms with Crippen molar-refractivity contribution in [2.75, 3.05) is 11.9 Å². The largest absolute Gasteiger partial charge is 0.455 e. The van der Waals surface area contributed by atoms with Crippen LogP contribution in [0, 0.1) is 6.92 Å². The number of aromatic nitrogens is 1. The number of thiazole rings is 1. The molecule has 3 rings (SSSR count). The molecule has 27 heavy (non-hydrogen) atoms. The second-order valence-corrected chi connectivity index (χ2v) is 7.21. The quantitative estimate of drug-likeness (QED) is 0.619. The first kappa shape index (κ1) is 19.1. The molecular formula is C20H17ClN2O3S. The predicted molar refractivity (Wildman–Crippen MR) is 107 cm³/mol. The first-order chi connectivity index (χ1) is 13.0. The van der Waals surface area contributed by atoms with E-state index in [9.17, 15) is 9.59 Å². The van der Waals surface area contributed by atoms with E-state index in [4.69, 9.17) is 16.3 Å². The van der Waals surface area contributed by atoms with Gasteiger partial charge in [0.2, 0.25) is 0 Å². The number of aryl methyl sites for hydroxylation is 1. The number of anilines is 1. The van der Waals surface area contributed by atoms with Crippen LogP contribution >= 0.6 is 22.9 Å². The molecule has 0 aliphatic rings. The van der Waals surface area contributed by atoms with Gasteiger partial charge in [-0.3, -0.25) is 14.9 Å². The lowest BCUT2D eigenvalue weighted by molar-refractivity contribution is -0.146. The van der Waals surface area contributed by atoms with Crippen molar-refractivity contribution in [3.05, 3.63) is 70.1 Å². The summed E-state index contributed by atoms with van der Waals surface area (Å²) in [6.07, 6.45) is 0.0826. The minimum Gasteiger partial charge on any atom is -0.455 e. The van der Waals surface area contributed by atoms with Gasteiger partial charge in [-0.2, -0.15) is 0 Å². The maximum atomic E-state index is 12.0. The molecule has 0 spiro atoms. The molecule has 0 bridgehead atoms. The van der Waals surface area contributed by atoms with Crippen LogP contribution in [0.5, 0.6) is 0 Å². The summed E-state index contributed by atoms with van der Waals surface area (Å²) in [5.74, 6) is -0.906. The van der Waals surface area contributed by atoms with Crippen molar-refractivity contribution in [2.24, 2.45) is 0 Å². The highest BCUT2D eigenvalue weighted by Gasteiger charge is 2.11. The summed E-state index contributed by atoms with van der Waals surface area (Å²) in [7, 11) is 0. The maximum absolute atomic E-state index is 12.0. The first-order valence-electron chi connectivity index (χ1n) is 8.22. The Morgan fingerprint density at radius 3 is 2.52 bits per heavy atom. The summed E-state index contributed by atoms with van der Waals surface area (Å²) >= 11 is 7.12. The Labute approximate surface area is 166 Å². The average Bonchev–Trinajstić information content (AvgIpc) is 3.11. The fraction of sp³-hybridized carbons (Fsp3) is 0.150. The fourth-order valence-corrected chi connectivity index (χ4v) is 3.17. The Morgan fingerprint density at radius 2 is 1.81 bits per heavy atom. The van der Waals surface area contributed by atoms with Crippen LogP contribution in [0.25, 0.3) is 11.3 Å². The molecule has 3 aromatic rings. The first-order valence-corrected chi connectivity index (χ1v) is 9.48. The number of nitrogens with one attached hydrogen (secondary N) is 1. The summed E-state index contributed by atoms with van der Waals surface area (Å²) in [6.45, 7) is 1.66. The van der Waals surface area contributed by atoms with E-state index >= 15 is 0 Å². The molecular weight excluding hydrogens is 384 g/mol. The standard InChI is InChI=1S/C20H17ClN2O3S/c1-13-2-6-15(7-3-13)17-12-27-20(22-17)23-18(24)11-26-19(25)10-14-4-8-16(21)9-5-14/h2-9,12H,10-11H2,1H3,(H,22,23,24). The zero-order chi connectivity index (χ0) is 19.2. The van der Waals surface area contributed by atoms with E-state index < -0.39 is 11.9 Å². The Morgan fingerprint density at radius 1 is 1.11 bits per heavy atom. The van der Waals surface area contributed by atoms with Gasteiger partial charge in [-0.1, -0.05) is 53.6 Å². The number of hydrogen-bond acceptors (Lipinski definition) is 5. The number of hydrogen-bond donors (Lipinski definition) is 1. The molecule has 2 aromatic carbocycles. The number of nitrogens with zero attached hydrogens (tertiary/aromatic N) is 1. The van der Waals surface area contributed by atoms with Crippen molar-refractivity contribution in [3.63, 3.8) is 0 Å². The molecule has 0 saturated carbocycles. The monoisotopic (exact) mass is 400 g/mol. The third kappa shape index (κ3) is 5.64. The lowest BCUT2D eigenvalue weighted by Crippen LogP contribution is -2.21. The lowest BCUT2D eigenvalue weighted by Gasteiger charge is -2.05. The number of ether oxygens (including phenoxy) is 1. The van der Waals surface area contributed by atoms with E-state index in [2.05, 4.69) is 10.3 Å². The summed E-state index contributed by atoms with van der Waals surface area (Å²) in [5, 5.41) is 5.57. The molecule has 5 nitrogen and oxygen atoms in total. The van der Waals surface area contributed by atoms with E-state index in [1.165, 1.54) is 16.9 Å². The molecule has 1 heterocycles. The number of carbonyl (C=O) groups excluding carboxylic acids is 2. The smallest absolute Gasteiger partial charge is 0.310 e. The zero-order valence-corrected chi connectivity index (χ0v) is 16.1. The van der Waals surface area contributed by atoms with Crippen LogP contribution in [0.1, 0.15) is 11.1 Å². The van der Waals surface area contributed by atoms with Gasteiger partial charge >= 0.3 is 5.97 Å². The van der Waals surface area contributed by atoms with Crippen LogP contribution in [-0.4, -0.2) is 23.5 Å². The van der Waals surface area contributed by atoms with Gasteiger partial charge < -0.3 is 4.74 Å². The van der Waals surface area contributed by atoms with E-state index in [1.54, 1.807) is 24.3 Å². The molecule has 0 fully saturated rings. The Bertz CT molecular complexity index is 937. The van der Waals surface area contributed by atoms with Crippen molar-refractivity contribution in [3.8, 4) is 11.3 Å². The van der Waals surface area contributed by atoms with E-state index in [0.717, 1.165) is 16.8 Å².